The lowest BCUT2D eigenvalue weighted by molar-refractivity contribution is -0.134. The fraction of sp³-hybridized carbons (Fsp3) is 0.333. The van der Waals surface area contributed by atoms with Gasteiger partial charge >= 0.3 is 11.9 Å². The molecule has 1 atom stereocenters. The van der Waals surface area contributed by atoms with Crippen molar-refractivity contribution in [2.75, 3.05) is 19.6 Å². The van der Waals surface area contributed by atoms with Gasteiger partial charge in [0.05, 0.1) is 0 Å². The van der Waals surface area contributed by atoms with E-state index in [4.69, 9.17) is 19.9 Å². The highest BCUT2D eigenvalue weighted by molar-refractivity contribution is 5.98. The molecule has 4 heterocycles. The van der Waals surface area contributed by atoms with Crippen LogP contribution in [-0.2, 0) is 9.59 Å². The molecule has 3 fully saturated rings. The number of furan rings is 1. The molecular weight excluding hydrogens is 390 g/mol. The second-order valence-corrected chi connectivity index (χ2v) is 7.20. The summed E-state index contributed by atoms with van der Waals surface area (Å²) in [5.41, 5.74) is 1.25. The zero-order chi connectivity index (χ0) is 21.7. The molecule has 2 bridgehead atoms. The molecule has 0 aliphatic carbocycles. The van der Waals surface area contributed by atoms with Gasteiger partial charge in [0.15, 0.2) is 0 Å². The summed E-state index contributed by atoms with van der Waals surface area (Å²) in [7, 11) is 0. The molecule has 9 nitrogen and oxygen atoms in total. The molecule has 2 aromatic rings. The Morgan fingerprint density at radius 2 is 1.80 bits per heavy atom. The fourth-order valence-electron chi connectivity index (χ4n) is 3.76. The molecule has 5 rings (SSSR count). The summed E-state index contributed by atoms with van der Waals surface area (Å²) in [4.78, 5) is 34.0. The number of fused-ring (bicyclic) bond motifs is 4. The van der Waals surface area contributed by atoms with Crippen LogP contribution in [0.5, 0.6) is 0 Å². The maximum Gasteiger partial charge on any atom is 0.328 e. The number of carboxylic acid groups (broad SMARTS) is 2. The molecule has 0 unspecified atom stereocenters. The van der Waals surface area contributed by atoms with Crippen LogP contribution in [0.2, 0.25) is 0 Å². The first-order valence-corrected chi connectivity index (χ1v) is 9.46. The van der Waals surface area contributed by atoms with Gasteiger partial charge in [-0.05, 0) is 50.0 Å². The molecule has 0 saturated carbocycles. The molecule has 9 heteroatoms. The number of hydrogen-bond acceptors (Lipinski definition) is 6. The predicted octanol–water partition coefficient (Wildman–Crippen LogP) is 1.84. The number of amides is 1. The van der Waals surface area contributed by atoms with Gasteiger partial charge in [-0.3, -0.25) is 4.79 Å². The summed E-state index contributed by atoms with van der Waals surface area (Å²) in [6.07, 6.45) is 3.47. The maximum atomic E-state index is 12.5. The first kappa shape index (κ1) is 21.1. The normalized spacial score (nSPS) is 22.2. The van der Waals surface area contributed by atoms with Crippen LogP contribution < -0.4 is 5.32 Å². The van der Waals surface area contributed by atoms with Crippen LogP contribution in [0.1, 0.15) is 29.0 Å². The zero-order valence-corrected chi connectivity index (χ0v) is 16.1. The minimum atomic E-state index is -1.26. The van der Waals surface area contributed by atoms with Gasteiger partial charge in [0.2, 0.25) is 5.76 Å². The van der Waals surface area contributed by atoms with Gasteiger partial charge in [-0.25, -0.2) is 9.59 Å². The highest BCUT2D eigenvalue weighted by Gasteiger charge is 2.34. The molecule has 3 N–H and O–H groups in total. The van der Waals surface area contributed by atoms with Crippen LogP contribution in [0.15, 0.2) is 40.8 Å². The standard InChI is InChI=1S/C17H17N3O2.C4H4O4/c18-9-14-8-13-7-12(1-2-16(13)22-14)17(21)19-15-10-20-5-3-11(15)4-6-20;5-3(6)1-2-4(7)8/h1-2,7-8,11,15H,3-6,10H2,(H,19,21);1-2H,(H,5,6)(H,7,8)/b;2-1+/t15-;/m0./s1. The molecule has 3 aliphatic rings. The monoisotopic (exact) mass is 411 g/mol. The van der Waals surface area contributed by atoms with Crippen LogP contribution in [0.25, 0.3) is 11.0 Å². The van der Waals surface area contributed by atoms with E-state index in [0.29, 0.717) is 29.2 Å². The van der Waals surface area contributed by atoms with E-state index in [2.05, 4.69) is 10.2 Å². The number of hydrogen-bond donors (Lipinski definition) is 3. The lowest BCUT2D eigenvalue weighted by atomic mass is 9.84. The van der Waals surface area contributed by atoms with Gasteiger partial charge in [0, 0.05) is 41.8 Å². The minimum Gasteiger partial charge on any atom is -0.478 e. The van der Waals surface area contributed by atoms with Crippen LogP contribution in [0, 0.1) is 17.2 Å². The van der Waals surface area contributed by atoms with Gasteiger partial charge in [-0.15, -0.1) is 0 Å². The second kappa shape index (κ2) is 9.24. The van der Waals surface area contributed by atoms with Crippen molar-refractivity contribution in [2.45, 2.75) is 18.9 Å². The molecule has 1 aromatic heterocycles. The third-order valence-corrected chi connectivity index (χ3v) is 5.23. The van der Waals surface area contributed by atoms with E-state index in [0.717, 1.165) is 25.0 Å². The summed E-state index contributed by atoms with van der Waals surface area (Å²) >= 11 is 0. The largest absolute Gasteiger partial charge is 0.478 e. The van der Waals surface area contributed by atoms with Gasteiger partial charge in [-0.1, -0.05) is 0 Å². The van der Waals surface area contributed by atoms with Crippen molar-refractivity contribution >= 4 is 28.8 Å². The van der Waals surface area contributed by atoms with Crippen LogP contribution >= 0.6 is 0 Å². The van der Waals surface area contributed by atoms with Gasteiger partial charge in [-0.2, -0.15) is 5.26 Å². The number of benzene rings is 1. The molecule has 156 valence electrons. The summed E-state index contributed by atoms with van der Waals surface area (Å²) in [6, 6.07) is 9.19. The van der Waals surface area contributed by atoms with Gasteiger partial charge in [0.25, 0.3) is 5.91 Å². The third-order valence-electron chi connectivity index (χ3n) is 5.23. The number of nitriles is 1. The summed E-state index contributed by atoms with van der Waals surface area (Å²) in [5.74, 6) is -1.68. The quantitative estimate of drug-likeness (QED) is 0.647. The Morgan fingerprint density at radius 1 is 1.13 bits per heavy atom. The number of carbonyl (C=O) groups is 3. The summed E-state index contributed by atoms with van der Waals surface area (Å²) in [6.45, 7) is 3.28. The Morgan fingerprint density at radius 3 is 2.33 bits per heavy atom. The first-order chi connectivity index (χ1) is 14.4. The Kier molecular flexibility index (Phi) is 6.49. The predicted molar refractivity (Wildman–Crippen MR) is 106 cm³/mol. The second-order valence-electron chi connectivity index (χ2n) is 7.20. The van der Waals surface area contributed by atoms with E-state index in [1.54, 1.807) is 24.3 Å². The average Bonchev–Trinajstić information content (AvgIpc) is 3.16. The molecule has 1 amide bonds. The highest BCUT2D eigenvalue weighted by Crippen LogP contribution is 2.28. The highest BCUT2D eigenvalue weighted by atomic mass is 16.4. The van der Waals surface area contributed by atoms with Crippen molar-refractivity contribution in [1.82, 2.24) is 10.2 Å². The van der Waals surface area contributed by atoms with Crippen molar-refractivity contribution < 1.29 is 29.0 Å². The SMILES string of the molecule is N#Cc1cc2cc(C(=O)N[C@H]3CN4CCC3CC4)ccc2o1.O=C(O)/C=C/C(=O)O. The van der Waals surface area contributed by atoms with Crippen LogP contribution in [-0.4, -0.2) is 58.6 Å². The van der Waals surface area contributed by atoms with Crippen LogP contribution in [0.4, 0.5) is 0 Å². The van der Waals surface area contributed by atoms with E-state index in [1.165, 1.54) is 12.8 Å². The van der Waals surface area contributed by atoms with Gasteiger partial charge < -0.3 is 24.8 Å². The number of aliphatic carboxylic acids is 2. The molecule has 0 spiro atoms. The molecular formula is C21H21N3O6. The van der Waals surface area contributed by atoms with Crippen molar-refractivity contribution in [3.05, 3.63) is 47.7 Å². The number of rotatable bonds is 4. The van der Waals surface area contributed by atoms with Crippen molar-refractivity contribution in [2.24, 2.45) is 5.92 Å². The van der Waals surface area contributed by atoms with Crippen molar-refractivity contribution in [3.8, 4) is 6.07 Å². The number of carbonyl (C=O) groups excluding carboxylic acids is 1. The zero-order valence-electron chi connectivity index (χ0n) is 16.1. The topological polar surface area (TPSA) is 144 Å². The van der Waals surface area contributed by atoms with E-state index < -0.39 is 11.9 Å². The Bertz CT molecular complexity index is 1010. The minimum absolute atomic E-state index is 0.0413. The molecule has 30 heavy (non-hydrogen) atoms. The lowest BCUT2D eigenvalue weighted by Gasteiger charge is -2.44. The van der Waals surface area contributed by atoms with Crippen LogP contribution in [0.3, 0.4) is 0 Å². The molecule has 0 radical (unpaired) electrons. The van der Waals surface area contributed by atoms with Crippen molar-refractivity contribution in [1.29, 1.82) is 5.26 Å². The molecule has 3 saturated heterocycles. The first-order valence-electron chi connectivity index (χ1n) is 9.46. The van der Waals surface area contributed by atoms with Crippen molar-refractivity contribution in [3.63, 3.8) is 0 Å². The molecule has 3 aliphatic heterocycles. The smallest absolute Gasteiger partial charge is 0.328 e. The summed E-state index contributed by atoms with van der Waals surface area (Å²) < 4.78 is 5.34. The third kappa shape index (κ3) is 5.24. The number of piperidine rings is 3. The summed E-state index contributed by atoms with van der Waals surface area (Å²) in [5, 5.41) is 28.5. The van der Waals surface area contributed by atoms with Gasteiger partial charge in [0.1, 0.15) is 11.7 Å². The van der Waals surface area contributed by atoms with E-state index in [9.17, 15) is 14.4 Å². The Balaban J connectivity index is 0.000000275. The Hall–Kier alpha value is -3.64. The van der Waals surface area contributed by atoms with E-state index >= 15 is 0 Å². The number of nitrogens with zero attached hydrogens (tertiary/aromatic N) is 2. The Labute approximate surface area is 172 Å². The molecule has 1 aromatic carbocycles. The fourth-order valence-corrected chi connectivity index (χ4v) is 3.76. The number of nitrogens with one attached hydrogen (secondary N) is 1. The van der Waals surface area contributed by atoms with E-state index in [1.807, 2.05) is 6.07 Å². The van der Waals surface area contributed by atoms with E-state index in [-0.39, 0.29) is 17.7 Å². The lowest BCUT2D eigenvalue weighted by Crippen LogP contribution is -2.57. The maximum absolute atomic E-state index is 12.5. The number of carboxylic acids is 2. The average molecular weight is 411 g/mol.